The molecular formula is C22H18N4O4S. The van der Waals surface area contributed by atoms with Gasteiger partial charge in [0.1, 0.15) is 11.3 Å². The maximum atomic E-state index is 13.2. The Bertz CT molecular complexity index is 1160. The van der Waals surface area contributed by atoms with Crippen molar-refractivity contribution in [2.75, 3.05) is 17.0 Å². The first kappa shape index (κ1) is 20.4. The van der Waals surface area contributed by atoms with Crippen molar-refractivity contribution in [3.8, 4) is 5.75 Å². The Hall–Kier alpha value is -3.85. The summed E-state index contributed by atoms with van der Waals surface area (Å²) in [6, 6.07) is 15.7. The number of nitrogens with one attached hydrogen (secondary N) is 1. The van der Waals surface area contributed by atoms with Gasteiger partial charge in [0.2, 0.25) is 0 Å². The number of nitrogens with zero attached hydrogens (tertiary/aromatic N) is 3. The van der Waals surface area contributed by atoms with Crippen LogP contribution in [-0.4, -0.2) is 35.7 Å². The molecular weight excluding hydrogens is 416 g/mol. The van der Waals surface area contributed by atoms with Crippen molar-refractivity contribution in [1.29, 1.82) is 0 Å². The lowest BCUT2D eigenvalue weighted by molar-refractivity contribution is -0.122. The SMILES string of the molecule is COc1cccc(N2C(=O)/C(=C\[C@@H]3C(=O)N(c4ccccc4)N=C3C)C(=O)NC2=S)c1. The molecule has 2 aromatic rings. The number of hydrogen-bond donors (Lipinski definition) is 1. The molecule has 0 aromatic heterocycles. The van der Waals surface area contributed by atoms with Crippen LogP contribution in [-0.2, 0) is 14.4 Å². The second kappa shape index (κ2) is 8.11. The zero-order valence-electron chi connectivity index (χ0n) is 16.7. The number of para-hydroxylation sites is 1. The predicted octanol–water partition coefficient (Wildman–Crippen LogP) is 2.41. The number of thiocarbonyl (C=S) groups is 1. The van der Waals surface area contributed by atoms with E-state index in [1.165, 1.54) is 23.1 Å². The van der Waals surface area contributed by atoms with Crippen LogP contribution in [0.4, 0.5) is 11.4 Å². The first-order chi connectivity index (χ1) is 14.9. The zero-order chi connectivity index (χ0) is 22.1. The molecule has 2 aromatic carbocycles. The van der Waals surface area contributed by atoms with E-state index in [1.807, 2.05) is 6.07 Å². The highest BCUT2D eigenvalue weighted by atomic mass is 32.1. The van der Waals surface area contributed by atoms with Gasteiger partial charge < -0.3 is 4.74 Å². The number of carbonyl (C=O) groups is 3. The van der Waals surface area contributed by atoms with Crippen molar-refractivity contribution in [3.05, 3.63) is 66.2 Å². The molecule has 2 heterocycles. The third-order valence-corrected chi connectivity index (χ3v) is 5.21. The predicted molar refractivity (Wildman–Crippen MR) is 120 cm³/mol. The van der Waals surface area contributed by atoms with Gasteiger partial charge in [-0.2, -0.15) is 10.1 Å². The second-order valence-corrected chi connectivity index (χ2v) is 7.27. The van der Waals surface area contributed by atoms with Crippen molar-refractivity contribution < 1.29 is 19.1 Å². The number of methoxy groups -OCH3 is 1. The summed E-state index contributed by atoms with van der Waals surface area (Å²) in [5, 5.41) is 8.05. The molecule has 0 radical (unpaired) electrons. The smallest absolute Gasteiger partial charge is 0.269 e. The molecule has 0 unspecified atom stereocenters. The summed E-state index contributed by atoms with van der Waals surface area (Å²) in [4.78, 5) is 39.9. The largest absolute Gasteiger partial charge is 0.497 e. The van der Waals surface area contributed by atoms with Crippen LogP contribution in [0.2, 0.25) is 0 Å². The van der Waals surface area contributed by atoms with E-state index in [4.69, 9.17) is 17.0 Å². The number of hydrazone groups is 1. The highest BCUT2D eigenvalue weighted by Crippen LogP contribution is 2.28. The first-order valence-corrected chi connectivity index (χ1v) is 9.81. The highest BCUT2D eigenvalue weighted by molar-refractivity contribution is 7.80. The number of amides is 3. The van der Waals surface area contributed by atoms with Crippen molar-refractivity contribution in [2.45, 2.75) is 6.92 Å². The number of ether oxygens (including phenoxy) is 1. The van der Waals surface area contributed by atoms with Gasteiger partial charge >= 0.3 is 0 Å². The average Bonchev–Trinajstić information content (AvgIpc) is 3.05. The minimum atomic E-state index is -0.844. The summed E-state index contributed by atoms with van der Waals surface area (Å²) >= 11 is 5.21. The Labute approximate surface area is 183 Å². The fourth-order valence-electron chi connectivity index (χ4n) is 3.35. The van der Waals surface area contributed by atoms with Gasteiger partial charge in [0.25, 0.3) is 17.7 Å². The molecule has 156 valence electrons. The maximum absolute atomic E-state index is 13.2. The van der Waals surface area contributed by atoms with Gasteiger partial charge in [-0.1, -0.05) is 24.3 Å². The quantitative estimate of drug-likeness (QED) is 0.453. The Kier molecular flexibility index (Phi) is 5.35. The molecule has 2 aliphatic heterocycles. The Morgan fingerprint density at radius 2 is 1.77 bits per heavy atom. The van der Waals surface area contributed by atoms with E-state index in [1.54, 1.807) is 55.5 Å². The number of hydrogen-bond acceptors (Lipinski definition) is 6. The number of carbonyl (C=O) groups excluding carboxylic acids is 3. The summed E-state index contributed by atoms with van der Waals surface area (Å²) in [5.74, 6) is -1.95. The summed E-state index contributed by atoms with van der Waals surface area (Å²) in [7, 11) is 1.51. The lowest BCUT2D eigenvalue weighted by atomic mass is 9.98. The van der Waals surface area contributed by atoms with Gasteiger partial charge in [-0.25, -0.2) is 0 Å². The molecule has 8 nitrogen and oxygen atoms in total. The van der Waals surface area contributed by atoms with Gasteiger partial charge in [-0.3, -0.25) is 24.6 Å². The third kappa shape index (κ3) is 3.71. The molecule has 31 heavy (non-hydrogen) atoms. The Morgan fingerprint density at radius 1 is 1.06 bits per heavy atom. The van der Waals surface area contributed by atoms with Crippen LogP contribution < -0.4 is 20.0 Å². The van der Waals surface area contributed by atoms with E-state index >= 15 is 0 Å². The number of rotatable bonds is 4. The molecule has 1 saturated heterocycles. The third-order valence-electron chi connectivity index (χ3n) is 4.93. The molecule has 0 spiro atoms. The fraction of sp³-hybridized carbons (Fsp3) is 0.136. The van der Waals surface area contributed by atoms with Gasteiger partial charge in [-0.05, 0) is 49.5 Å². The van der Waals surface area contributed by atoms with Gasteiger partial charge in [0.05, 0.1) is 30.1 Å². The Morgan fingerprint density at radius 3 is 2.48 bits per heavy atom. The molecule has 4 rings (SSSR count). The van der Waals surface area contributed by atoms with E-state index in [0.717, 1.165) is 0 Å². The van der Waals surface area contributed by atoms with E-state index < -0.39 is 17.7 Å². The lowest BCUT2D eigenvalue weighted by Gasteiger charge is -2.29. The van der Waals surface area contributed by atoms with Crippen LogP contribution >= 0.6 is 12.2 Å². The summed E-state index contributed by atoms with van der Waals surface area (Å²) in [6.07, 6.45) is 1.34. The number of benzene rings is 2. The molecule has 3 amide bonds. The van der Waals surface area contributed by atoms with Crippen LogP contribution in [0, 0.1) is 5.92 Å². The van der Waals surface area contributed by atoms with Crippen molar-refractivity contribution >= 4 is 52.1 Å². The lowest BCUT2D eigenvalue weighted by Crippen LogP contribution is -2.54. The van der Waals surface area contributed by atoms with Crippen molar-refractivity contribution in [1.82, 2.24) is 5.32 Å². The minimum absolute atomic E-state index is 0.0468. The highest BCUT2D eigenvalue weighted by Gasteiger charge is 2.39. The molecule has 1 atom stereocenters. The normalized spacial score (nSPS) is 20.3. The molecule has 9 heteroatoms. The summed E-state index contributed by atoms with van der Waals surface area (Å²) in [5.41, 5.74) is 1.34. The van der Waals surface area contributed by atoms with Gasteiger partial charge in [0.15, 0.2) is 5.11 Å². The zero-order valence-corrected chi connectivity index (χ0v) is 17.6. The van der Waals surface area contributed by atoms with Crippen LogP contribution in [0.1, 0.15) is 6.92 Å². The minimum Gasteiger partial charge on any atom is -0.497 e. The molecule has 0 bridgehead atoms. The first-order valence-electron chi connectivity index (χ1n) is 9.40. The standard InChI is InChI=1S/C22H18N4O4S/c1-13-17(21(29)26(24-13)14-7-4-3-5-8-14)12-18-19(27)23-22(31)25(20(18)28)15-9-6-10-16(11-15)30-2/h3-12,17H,1-2H3,(H,23,27,31)/b18-12-/t17-/m0/s1. The molecule has 2 aliphatic rings. The van der Waals surface area contributed by atoms with Crippen LogP contribution in [0.3, 0.4) is 0 Å². The van der Waals surface area contributed by atoms with Crippen LogP contribution in [0.5, 0.6) is 5.75 Å². The molecule has 1 N–H and O–H groups in total. The van der Waals surface area contributed by atoms with E-state index in [0.29, 0.717) is 22.8 Å². The van der Waals surface area contributed by atoms with Crippen molar-refractivity contribution in [3.63, 3.8) is 0 Å². The van der Waals surface area contributed by atoms with E-state index in [2.05, 4.69) is 10.4 Å². The second-order valence-electron chi connectivity index (χ2n) is 6.89. The molecule has 1 fully saturated rings. The number of anilines is 2. The van der Waals surface area contributed by atoms with Crippen LogP contribution in [0.15, 0.2) is 71.3 Å². The average molecular weight is 434 g/mol. The topological polar surface area (TPSA) is 91.3 Å². The summed E-state index contributed by atoms with van der Waals surface area (Å²) in [6.45, 7) is 1.68. The Balaban J connectivity index is 1.67. The maximum Gasteiger partial charge on any atom is 0.269 e. The van der Waals surface area contributed by atoms with Crippen LogP contribution in [0.25, 0.3) is 0 Å². The van der Waals surface area contributed by atoms with Crippen molar-refractivity contribution in [2.24, 2.45) is 11.0 Å². The monoisotopic (exact) mass is 434 g/mol. The molecule has 0 saturated carbocycles. The fourth-order valence-corrected chi connectivity index (χ4v) is 3.63. The molecule has 0 aliphatic carbocycles. The van der Waals surface area contributed by atoms with Gasteiger partial charge in [-0.15, -0.1) is 0 Å². The van der Waals surface area contributed by atoms with Gasteiger partial charge in [0, 0.05) is 6.07 Å². The van der Waals surface area contributed by atoms with E-state index in [-0.39, 0.29) is 16.6 Å². The summed E-state index contributed by atoms with van der Waals surface area (Å²) < 4.78 is 5.20. The van der Waals surface area contributed by atoms with E-state index in [9.17, 15) is 14.4 Å².